The lowest BCUT2D eigenvalue weighted by Gasteiger charge is -2.31. The molecule has 3 rings (SSSR count). The minimum atomic E-state index is -0.00360. The summed E-state index contributed by atoms with van der Waals surface area (Å²) in [6.07, 6.45) is 6.19. The van der Waals surface area contributed by atoms with Gasteiger partial charge in [0.05, 0.1) is 11.8 Å². The van der Waals surface area contributed by atoms with E-state index in [2.05, 4.69) is 100 Å². The van der Waals surface area contributed by atoms with Gasteiger partial charge in [0.1, 0.15) is 6.10 Å². The van der Waals surface area contributed by atoms with Crippen molar-refractivity contribution in [2.45, 2.75) is 40.7 Å². The van der Waals surface area contributed by atoms with Crippen LogP contribution in [0.5, 0.6) is 5.88 Å². The normalized spacial score (nSPS) is 20.7. The van der Waals surface area contributed by atoms with Crippen LogP contribution in [-0.2, 0) is 7.05 Å². The summed E-state index contributed by atoms with van der Waals surface area (Å²) in [5, 5.41) is 4.50. The van der Waals surface area contributed by atoms with Gasteiger partial charge in [0.15, 0.2) is 0 Å². The van der Waals surface area contributed by atoms with Gasteiger partial charge in [-0.05, 0) is 73.7 Å². The van der Waals surface area contributed by atoms with Crippen molar-refractivity contribution >= 4 is 5.57 Å². The zero-order chi connectivity index (χ0) is 25.0. The number of nitrogens with zero attached hydrogens (tertiary/aromatic N) is 4. The maximum absolute atomic E-state index is 6.50. The third-order valence-corrected chi connectivity index (χ3v) is 6.58. The Labute approximate surface area is 205 Å². The van der Waals surface area contributed by atoms with Crippen LogP contribution in [0.15, 0.2) is 66.5 Å². The molecule has 1 atom stereocenters. The quantitative estimate of drug-likeness (QED) is 0.573. The van der Waals surface area contributed by atoms with Gasteiger partial charge in [0.2, 0.25) is 5.88 Å². The van der Waals surface area contributed by atoms with Crippen LogP contribution in [0.3, 0.4) is 0 Å². The van der Waals surface area contributed by atoms with E-state index in [4.69, 9.17) is 4.74 Å². The first kappa shape index (κ1) is 25.6. The van der Waals surface area contributed by atoms with Gasteiger partial charge < -0.3 is 9.64 Å². The van der Waals surface area contributed by atoms with Crippen molar-refractivity contribution in [3.63, 3.8) is 0 Å². The van der Waals surface area contributed by atoms with E-state index >= 15 is 0 Å². The molecule has 1 aromatic heterocycles. The summed E-state index contributed by atoms with van der Waals surface area (Å²) in [5.41, 5.74) is 8.82. The highest BCUT2D eigenvalue weighted by Crippen LogP contribution is 2.34. The standard InChI is InChI=1S/C29H40N4O/c1-10-31(8)28-19-33(11-2)18-23(7)34-29-27(17-30-32(29)9)24-14-12-21(5)26(16-24)22(6)13-15-25(28)20(3)4/h12-17,23H,3,6,10-11,18-19H2,1-2,4-5,7-9H3/b15-13+,28-25-/t23-/m0/s1. The van der Waals surface area contributed by atoms with Crippen molar-refractivity contribution in [2.75, 3.05) is 33.2 Å². The number of benzene rings is 1. The fourth-order valence-corrected chi connectivity index (χ4v) is 4.37. The second-order valence-electron chi connectivity index (χ2n) is 9.29. The van der Waals surface area contributed by atoms with Gasteiger partial charge in [-0.15, -0.1) is 0 Å². The Morgan fingerprint density at radius 2 is 1.97 bits per heavy atom. The fraction of sp³-hybridized carbons (Fsp3) is 0.414. The van der Waals surface area contributed by atoms with Crippen LogP contribution in [0.25, 0.3) is 16.7 Å². The first-order valence-corrected chi connectivity index (χ1v) is 12.2. The number of allylic oxidation sites excluding steroid dienone is 5. The van der Waals surface area contributed by atoms with Gasteiger partial charge in [0, 0.05) is 39.4 Å². The fourth-order valence-electron chi connectivity index (χ4n) is 4.37. The first-order valence-electron chi connectivity index (χ1n) is 12.2. The molecule has 0 amide bonds. The monoisotopic (exact) mass is 460 g/mol. The van der Waals surface area contributed by atoms with E-state index in [-0.39, 0.29) is 6.10 Å². The minimum absolute atomic E-state index is 0.00360. The molecule has 0 aliphatic carbocycles. The molecule has 0 saturated heterocycles. The second-order valence-corrected chi connectivity index (χ2v) is 9.29. The molecule has 34 heavy (non-hydrogen) atoms. The van der Waals surface area contributed by atoms with Gasteiger partial charge >= 0.3 is 0 Å². The molecule has 0 saturated carbocycles. The van der Waals surface area contributed by atoms with E-state index in [1.807, 2.05) is 17.9 Å². The van der Waals surface area contributed by atoms with Crippen LogP contribution in [0.2, 0.25) is 0 Å². The van der Waals surface area contributed by atoms with Crippen LogP contribution in [-0.4, -0.2) is 58.9 Å². The third-order valence-electron chi connectivity index (χ3n) is 6.58. The Bertz CT molecular complexity index is 1120. The summed E-state index contributed by atoms with van der Waals surface area (Å²) in [4.78, 5) is 4.74. The van der Waals surface area contributed by atoms with Gasteiger partial charge in [-0.25, -0.2) is 4.68 Å². The molecule has 2 bridgehead atoms. The van der Waals surface area contributed by atoms with E-state index in [1.54, 1.807) is 0 Å². The molecular weight excluding hydrogens is 420 g/mol. The SMILES string of the molecule is C=C(C)C1=C(\N(C)CC)CN(CC)C[C@H](C)Oc2c(cnn2C)-c2ccc(C)c(c2)C(=C)\C=C\1. The average molecular weight is 461 g/mol. The van der Waals surface area contributed by atoms with Crippen LogP contribution < -0.4 is 4.74 Å². The molecule has 0 N–H and O–H groups in total. The molecule has 1 aliphatic heterocycles. The summed E-state index contributed by atoms with van der Waals surface area (Å²) in [6.45, 7) is 22.9. The molecule has 0 unspecified atom stereocenters. The largest absolute Gasteiger partial charge is 0.473 e. The molecular formula is C29H40N4O. The summed E-state index contributed by atoms with van der Waals surface area (Å²) in [6, 6.07) is 6.47. The second kappa shape index (κ2) is 10.9. The lowest BCUT2D eigenvalue weighted by Crippen LogP contribution is -2.38. The minimum Gasteiger partial charge on any atom is -0.473 e. The van der Waals surface area contributed by atoms with Crippen molar-refractivity contribution in [3.05, 3.63) is 77.7 Å². The van der Waals surface area contributed by atoms with Crippen LogP contribution in [0, 0.1) is 6.92 Å². The molecule has 0 spiro atoms. The Balaban J connectivity index is 2.21. The molecule has 5 nitrogen and oxygen atoms in total. The van der Waals surface area contributed by atoms with E-state index in [0.717, 1.165) is 65.5 Å². The van der Waals surface area contributed by atoms with Crippen molar-refractivity contribution in [1.82, 2.24) is 19.6 Å². The summed E-state index contributed by atoms with van der Waals surface area (Å²) < 4.78 is 8.32. The number of likely N-dealkylation sites (N-methyl/N-ethyl adjacent to an activating group) is 2. The Morgan fingerprint density at radius 1 is 1.24 bits per heavy atom. The van der Waals surface area contributed by atoms with Crippen LogP contribution >= 0.6 is 0 Å². The van der Waals surface area contributed by atoms with E-state index in [1.165, 1.54) is 11.3 Å². The number of rotatable bonds is 4. The Morgan fingerprint density at radius 3 is 2.62 bits per heavy atom. The zero-order valence-electron chi connectivity index (χ0n) is 22.0. The predicted molar refractivity (Wildman–Crippen MR) is 144 cm³/mol. The van der Waals surface area contributed by atoms with E-state index < -0.39 is 0 Å². The topological polar surface area (TPSA) is 33.5 Å². The molecule has 182 valence electrons. The molecule has 2 aromatic rings. The third kappa shape index (κ3) is 5.53. The van der Waals surface area contributed by atoms with Gasteiger partial charge in [-0.2, -0.15) is 5.10 Å². The lowest BCUT2D eigenvalue weighted by molar-refractivity contribution is 0.141. The maximum Gasteiger partial charge on any atom is 0.219 e. The molecule has 5 heteroatoms. The number of fused-ring (bicyclic) bond motifs is 4. The summed E-state index contributed by atoms with van der Waals surface area (Å²) in [7, 11) is 4.09. The maximum atomic E-state index is 6.50. The molecule has 2 heterocycles. The number of ether oxygens (including phenoxy) is 1. The average Bonchev–Trinajstić information content (AvgIpc) is 3.16. The highest BCUT2D eigenvalue weighted by molar-refractivity contribution is 5.80. The van der Waals surface area contributed by atoms with Gasteiger partial charge in [-0.3, -0.25) is 4.90 Å². The Hall–Kier alpha value is -3.05. The Kier molecular flexibility index (Phi) is 8.21. The highest BCUT2D eigenvalue weighted by Gasteiger charge is 2.20. The van der Waals surface area contributed by atoms with Crippen molar-refractivity contribution < 1.29 is 4.74 Å². The van der Waals surface area contributed by atoms with E-state index in [0.29, 0.717) is 0 Å². The van der Waals surface area contributed by atoms with Crippen LogP contribution in [0.1, 0.15) is 38.8 Å². The lowest BCUT2D eigenvalue weighted by atomic mass is 9.95. The molecule has 0 radical (unpaired) electrons. The highest BCUT2D eigenvalue weighted by atomic mass is 16.5. The molecule has 1 aromatic carbocycles. The number of hydrogen-bond donors (Lipinski definition) is 0. The molecule has 1 aliphatic rings. The summed E-state index contributed by atoms with van der Waals surface area (Å²) >= 11 is 0. The van der Waals surface area contributed by atoms with Crippen molar-refractivity contribution in [2.24, 2.45) is 7.05 Å². The number of hydrogen-bond acceptors (Lipinski definition) is 4. The summed E-state index contributed by atoms with van der Waals surface area (Å²) in [5.74, 6) is 0.790. The van der Waals surface area contributed by atoms with Crippen molar-refractivity contribution in [1.29, 1.82) is 0 Å². The zero-order valence-corrected chi connectivity index (χ0v) is 22.0. The van der Waals surface area contributed by atoms with Crippen LogP contribution in [0.4, 0.5) is 0 Å². The smallest absolute Gasteiger partial charge is 0.219 e. The first-order chi connectivity index (χ1) is 16.2. The predicted octanol–water partition coefficient (Wildman–Crippen LogP) is 5.85. The number of aryl methyl sites for hydroxylation is 2. The van der Waals surface area contributed by atoms with Gasteiger partial charge in [-0.1, -0.05) is 44.4 Å². The van der Waals surface area contributed by atoms with Crippen molar-refractivity contribution in [3.8, 4) is 17.0 Å². The number of aromatic nitrogens is 2. The van der Waals surface area contributed by atoms with Gasteiger partial charge in [0.25, 0.3) is 0 Å². The molecule has 0 fully saturated rings. The van der Waals surface area contributed by atoms with E-state index in [9.17, 15) is 0 Å².